The first-order chi connectivity index (χ1) is 11.5. The van der Waals surface area contributed by atoms with Gasteiger partial charge in [-0.25, -0.2) is 0 Å². The summed E-state index contributed by atoms with van der Waals surface area (Å²) in [6.07, 6.45) is 8.30. The molecule has 1 aliphatic rings. The normalized spacial score (nSPS) is 14.0. The number of carbonyl (C=O) groups excluding carboxylic acids is 2. The highest BCUT2D eigenvalue weighted by atomic mass is 35.5. The molecular weight excluding hydrogens is 324 g/mol. The van der Waals surface area contributed by atoms with E-state index in [1.54, 1.807) is 36.1 Å². The molecule has 0 atom stereocenters. The van der Waals surface area contributed by atoms with Gasteiger partial charge in [0.15, 0.2) is 0 Å². The smallest absolute Gasteiger partial charge is 0.226 e. The lowest BCUT2D eigenvalue weighted by molar-refractivity contribution is -0.129. The Labute approximate surface area is 148 Å². The fraction of sp³-hybridized carbons (Fsp3) is 0.474. The number of hydrogen-bond acceptors (Lipinski definition) is 2. The minimum Gasteiger partial charge on any atom is -0.342 e. The number of nitrogens with zero attached hydrogens (tertiary/aromatic N) is 1. The van der Waals surface area contributed by atoms with Crippen molar-refractivity contribution in [1.29, 1.82) is 0 Å². The van der Waals surface area contributed by atoms with E-state index in [1.807, 2.05) is 0 Å². The van der Waals surface area contributed by atoms with Gasteiger partial charge in [-0.1, -0.05) is 29.3 Å². The van der Waals surface area contributed by atoms with Crippen molar-refractivity contribution >= 4 is 29.1 Å². The number of rotatable bonds is 7. The van der Waals surface area contributed by atoms with E-state index in [2.05, 4.69) is 11.4 Å². The summed E-state index contributed by atoms with van der Waals surface area (Å²) >= 11 is 5.90. The van der Waals surface area contributed by atoms with Crippen LogP contribution in [0, 0.1) is 0 Å². The van der Waals surface area contributed by atoms with Crippen LogP contribution in [-0.4, -0.2) is 29.8 Å². The van der Waals surface area contributed by atoms with Gasteiger partial charge in [0.05, 0.1) is 0 Å². The lowest BCUT2D eigenvalue weighted by Gasteiger charge is -2.22. The van der Waals surface area contributed by atoms with E-state index in [9.17, 15) is 9.59 Å². The van der Waals surface area contributed by atoms with Gasteiger partial charge >= 0.3 is 0 Å². The standard InChI is InChI=1S/C19H25ClN2O2/c1-15(23)22(12-10-16-6-3-2-4-7-16)13-11-19(24)21-18-9-5-8-17(20)14-18/h5-6,8-9,14H,2-4,7,10-13H2,1H3,(H,21,24). The molecule has 4 nitrogen and oxygen atoms in total. The molecule has 0 heterocycles. The van der Waals surface area contributed by atoms with Crippen LogP contribution in [0.15, 0.2) is 35.9 Å². The minimum atomic E-state index is -0.111. The summed E-state index contributed by atoms with van der Waals surface area (Å²) in [5.74, 6) is -0.0950. The number of benzene rings is 1. The number of halogens is 1. The number of amides is 2. The molecule has 2 amide bonds. The quantitative estimate of drug-likeness (QED) is 0.742. The average molecular weight is 349 g/mol. The summed E-state index contributed by atoms with van der Waals surface area (Å²) in [6, 6.07) is 7.05. The van der Waals surface area contributed by atoms with E-state index in [0.717, 1.165) is 19.3 Å². The Bertz CT molecular complexity index is 613. The lowest BCUT2D eigenvalue weighted by Crippen LogP contribution is -2.33. The zero-order valence-corrected chi connectivity index (χ0v) is 14.9. The van der Waals surface area contributed by atoms with Crippen LogP contribution < -0.4 is 5.32 Å². The number of anilines is 1. The van der Waals surface area contributed by atoms with Gasteiger partial charge in [-0.2, -0.15) is 0 Å². The Balaban J connectivity index is 1.78. The molecule has 24 heavy (non-hydrogen) atoms. The van der Waals surface area contributed by atoms with Gasteiger partial charge in [0.2, 0.25) is 11.8 Å². The third-order valence-corrected chi connectivity index (χ3v) is 4.49. The van der Waals surface area contributed by atoms with Crippen LogP contribution in [0.2, 0.25) is 5.02 Å². The van der Waals surface area contributed by atoms with Crippen LogP contribution in [0.4, 0.5) is 5.69 Å². The second-order valence-electron chi connectivity index (χ2n) is 6.17. The molecule has 5 heteroatoms. The zero-order valence-electron chi connectivity index (χ0n) is 14.2. The van der Waals surface area contributed by atoms with Crippen LogP contribution >= 0.6 is 11.6 Å². The second-order valence-corrected chi connectivity index (χ2v) is 6.61. The summed E-state index contributed by atoms with van der Waals surface area (Å²) in [5, 5.41) is 3.39. The first-order valence-corrected chi connectivity index (χ1v) is 8.91. The van der Waals surface area contributed by atoms with Crippen LogP contribution in [0.3, 0.4) is 0 Å². The van der Waals surface area contributed by atoms with Crippen molar-refractivity contribution in [2.24, 2.45) is 0 Å². The molecule has 1 N–H and O–H groups in total. The molecule has 2 rings (SSSR count). The number of nitrogens with one attached hydrogen (secondary N) is 1. The van der Waals surface area contributed by atoms with Crippen molar-refractivity contribution in [3.05, 3.63) is 40.9 Å². The fourth-order valence-corrected chi connectivity index (χ4v) is 3.05. The molecule has 0 bridgehead atoms. The molecule has 0 saturated heterocycles. The van der Waals surface area contributed by atoms with E-state index in [1.165, 1.54) is 18.4 Å². The van der Waals surface area contributed by atoms with Crippen LogP contribution in [0.25, 0.3) is 0 Å². The molecule has 0 aromatic heterocycles. The van der Waals surface area contributed by atoms with Gasteiger partial charge in [-0.05, 0) is 50.3 Å². The van der Waals surface area contributed by atoms with Gasteiger partial charge in [0, 0.05) is 37.1 Å². The molecule has 0 saturated carbocycles. The molecular formula is C19H25ClN2O2. The number of carbonyl (C=O) groups is 2. The van der Waals surface area contributed by atoms with Gasteiger partial charge in [0.25, 0.3) is 0 Å². The summed E-state index contributed by atoms with van der Waals surface area (Å²) in [6.45, 7) is 2.69. The van der Waals surface area contributed by atoms with Crippen LogP contribution in [-0.2, 0) is 9.59 Å². The Hall–Kier alpha value is -1.81. The van der Waals surface area contributed by atoms with Crippen molar-refractivity contribution < 1.29 is 9.59 Å². The van der Waals surface area contributed by atoms with Gasteiger partial charge < -0.3 is 10.2 Å². The Morgan fingerprint density at radius 1 is 1.25 bits per heavy atom. The third kappa shape index (κ3) is 6.36. The molecule has 1 aliphatic carbocycles. The topological polar surface area (TPSA) is 49.4 Å². The molecule has 1 aromatic rings. The highest BCUT2D eigenvalue weighted by Crippen LogP contribution is 2.20. The van der Waals surface area contributed by atoms with Gasteiger partial charge in [0.1, 0.15) is 0 Å². The fourth-order valence-electron chi connectivity index (χ4n) is 2.86. The molecule has 0 unspecified atom stereocenters. The van der Waals surface area contributed by atoms with Gasteiger partial charge in [-0.15, -0.1) is 0 Å². The molecule has 0 spiro atoms. The minimum absolute atomic E-state index is 0.0157. The van der Waals surface area contributed by atoms with Crippen LogP contribution in [0.1, 0.15) is 45.4 Å². The van der Waals surface area contributed by atoms with E-state index in [0.29, 0.717) is 23.8 Å². The highest BCUT2D eigenvalue weighted by Gasteiger charge is 2.13. The lowest BCUT2D eigenvalue weighted by atomic mass is 9.97. The Kier molecular flexibility index (Phi) is 7.32. The van der Waals surface area contributed by atoms with Crippen molar-refractivity contribution in [2.75, 3.05) is 18.4 Å². The largest absolute Gasteiger partial charge is 0.342 e. The van der Waals surface area contributed by atoms with E-state index >= 15 is 0 Å². The monoisotopic (exact) mass is 348 g/mol. The number of allylic oxidation sites excluding steroid dienone is 1. The molecule has 1 aromatic carbocycles. The van der Waals surface area contributed by atoms with E-state index < -0.39 is 0 Å². The third-order valence-electron chi connectivity index (χ3n) is 4.25. The highest BCUT2D eigenvalue weighted by molar-refractivity contribution is 6.30. The van der Waals surface area contributed by atoms with Gasteiger partial charge in [-0.3, -0.25) is 9.59 Å². The molecule has 0 radical (unpaired) electrons. The van der Waals surface area contributed by atoms with Crippen LogP contribution in [0.5, 0.6) is 0 Å². The van der Waals surface area contributed by atoms with Crippen molar-refractivity contribution in [1.82, 2.24) is 4.90 Å². The van der Waals surface area contributed by atoms with Crippen molar-refractivity contribution in [3.63, 3.8) is 0 Å². The average Bonchev–Trinajstić information content (AvgIpc) is 2.55. The predicted octanol–water partition coefficient (Wildman–Crippen LogP) is 4.41. The first-order valence-electron chi connectivity index (χ1n) is 8.53. The SMILES string of the molecule is CC(=O)N(CCC(=O)Nc1cccc(Cl)c1)CCC1=CCCCC1. The summed E-state index contributed by atoms with van der Waals surface area (Å²) in [5.41, 5.74) is 2.12. The second kappa shape index (κ2) is 9.48. The maximum atomic E-state index is 12.1. The van der Waals surface area contributed by atoms with E-state index in [4.69, 9.17) is 11.6 Å². The maximum absolute atomic E-state index is 12.1. The number of hydrogen-bond donors (Lipinski definition) is 1. The summed E-state index contributed by atoms with van der Waals surface area (Å²) in [7, 11) is 0. The van der Waals surface area contributed by atoms with Crippen molar-refractivity contribution in [3.8, 4) is 0 Å². The Morgan fingerprint density at radius 2 is 2.08 bits per heavy atom. The molecule has 0 aliphatic heterocycles. The summed E-state index contributed by atoms with van der Waals surface area (Å²) in [4.78, 5) is 25.6. The Morgan fingerprint density at radius 3 is 2.75 bits per heavy atom. The van der Waals surface area contributed by atoms with E-state index in [-0.39, 0.29) is 18.2 Å². The van der Waals surface area contributed by atoms with Crippen molar-refractivity contribution in [2.45, 2.75) is 45.4 Å². The molecule has 0 fully saturated rings. The zero-order chi connectivity index (χ0) is 17.4. The predicted molar refractivity (Wildman–Crippen MR) is 98.1 cm³/mol. The maximum Gasteiger partial charge on any atom is 0.226 e. The molecule has 130 valence electrons. The first kappa shape index (κ1) is 18.5. The summed E-state index contributed by atoms with van der Waals surface area (Å²) < 4.78 is 0.